The molecule has 1 fully saturated rings. The Bertz CT molecular complexity index is 834. The quantitative estimate of drug-likeness (QED) is 0.776. The lowest BCUT2D eigenvalue weighted by molar-refractivity contribution is -0.119. The molecule has 3 aromatic rings. The number of carbonyl (C=O) groups is 1. The van der Waals surface area contributed by atoms with E-state index >= 15 is 0 Å². The molecule has 1 atom stereocenters. The first-order valence-corrected chi connectivity index (χ1v) is 7.90. The largest absolute Gasteiger partial charge is 0.324 e. The Morgan fingerprint density at radius 3 is 2.75 bits per heavy atom. The van der Waals surface area contributed by atoms with E-state index in [0.29, 0.717) is 6.04 Å². The van der Waals surface area contributed by atoms with Crippen LogP contribution < -0.4 is 5.32 Å². The van der Waals surface area contributed by atoms with Crippen LogP contribution in [0.4, 0.5) is 5.69 Å². The highest BCUT2D eigenvalue weighted by atomic mass is 16.2. The fourth-order valence-electron chi connectivity index (χ4n) is 2.53. The van der Waals surface area contributed by atoms with E-state index < -0.39 is 0 Å². The smallest absolute Gasteiger partial charge is 0.248 e. The molecule has 4 rings (SSSR count). The van der Waals surface area contributed by atoms with Gasteiger partial charge in [-0.25, -0.2) is 4.68 Å². The molecular formula is C16H17N7O. The van der Waals surface area contributed by atoms with Gasteiger partial charge in [-0.2, -0.15) is 5.10 Å². The van der Waals surface area contributed by atoms with Crippen LogP contribution >= 0.6 is 0 Å². The van der Waals surface area contributed by atoms with Crippen LogP contribution in [0, 0.1) is 0 Å². The number of nitrogens with one attached hydrogen (secondary N) is 1. The predicted molar refractivity (Wildman–Crippen MR) is 87.1 cm³/mol. The fraction of sp³-hybridized carbons (Fsp3) is 0.312. The van der Waals surface area contributed by atoms with Crippen LogP contribution in [0.5, 0.6) is 0 Å². The van der Waals surface area contributed by atoms with E-state index in [1.54, 1.807) is 30.1 Å². The summed E-state index contributed by atoms with van der Waals surface area (Å²) in [5.41, 5.74) is 1.67. The van der Waals surface area contributed by atoms with E-state index in [2.05, 4.69) is 25.9 Å². The van der Waals surface area contributed by atoms with Crippen molar-refractivity contribution in [1.29, 1.82) is 0 Å². The first-order valence-electron chi connectivity index (χ1n) is 7.90. The molecule has 1 aromatic carbocycles. The van der Waals surface area contributed by atoms with Crippen molar-refractivity contribution in [2.45, 2.75) is 31.8 Å². The molecule has 0 bridgehead atoms. The molecule has 122 valence electrons. The molecule has 0 spiro atoms. The highest BCUT2D eigenvalue weighted by molar-refractivity contribution is 5.93. The zero-order valence-corrected chi connectivity index (χ0v) is 13.2. The Hall–Kier alpha value is -3.03. The summed E-state index contributed by atoms with van der Waals surface area (Å²) in [5, 5.41) is 18.9. The first-order chi connectivity index (χ1) is 11.7. The van der Waals surface area contributed by atoms with Crippen molar-refractivity contribution in [3.63, 3.8) is 0 Å². The molecule has 0 radical (unpaired) electrons. The van der Waals surface area contributed by atoms with Crippen molar-refractivity contribution < 1.29 is 4.79 Å². The van der Waals surface area contributed by atoms with Gasteiger partial charge in [0.15, 0.2) is 5.82 Å². The molecule has 2 heterocycles. The lowest BCUT2D eigenvalue weighted by Gasteiger charge is -2.13. The molecule has 8 heteroatoms. The molecule has 0 saturated heterocycles. The maximum Gasteiger partial charge on any atom is 0.248 e. The lowest BCUT2D eigenvalue weighted by atomic mass is 10.2. The summed E-state index contributed by atoms with van der Waals surface area (Å²) in [4.78, 5) is 12.3. The topological polar surface area (TPSA) is 90.5 Å². The second-order valence-electron chi connectivity index (χ2n) is 5.91. The third-order valence-electron chi connectivity index (χ3n) is 4.10. The number of anilines is 1. The minimum absolute atomic E-state index is 0.116. The minimum Gasteiger partial charge on any atom is -0.324 e. The second kappa shape index (κ2) is 5.88. The number of hydrogen-bond acceptors (Lipinski definition) is 5. The number of amides is 1. The summed E-state index contributed by atoms with van der Waals surface area (Å²) >= 11 is 0. The van der Waals surface area contributed by atoms with E-state index in [1.165, 1.54) is 0 Å². The van der Waals surface area contributed by atoms with Gasteiger partial charge in [-0.1, -0.05) is 0 Å². The molecule has 1 amide bonds. The number of tetrazole rings is 1. The summed E-state index contributed by atoms with van der Waals surface area (Å²) in [7, 11) is 0. The minimum atomic E-state index is -0.373. The van der Waals surface area contributed by atoms with Crippen LogP contribution in [0.15, 0.2) is 42.7 Å². The fourth-order valence-corrected chi connectivity index (χ4v) is 2.53. The van der Waals surface area contributed by atoms with Crippen molar-refractivity contribution in [3.8, 4) is 11.4 Å². The van der Waals surface area contributed by atoms with Crippen molar-refractivity contribution in [2.24, 2.45) is 0 Å². The normalized spacial score (nSPS) is 15.2. The van der Waals surface area contributed by atoms with Gasteiger partial charge in [0.2, 0.25) is 5.91 Å². The number of aromatic nitrogens is 6. The summed E-state index contributed by atoms with van der Waals surface area (Å²) < 4.78 is 3.49. The maximum absolute atomic E-state index is 12.3. The summed E-state index contributed by atoms with van der Waals surface area (Å²) in [6.07, 6.45) is 5.67. The second-order valence-corrected chi connectivity index (χ2v) is 5.91. The van der Waals surface area contributed by atoms with Gasteiger partial charge in [0.05, 0.1) is 6.04 Å². The molecule has 1 aliphatic rings. The number of carbonyl (C=O) groups excluding carboxylic acids is 1. The van der Waals surface area contributed by atoms with Gasteiger partial charge in [0.25, 0.3) is 0 Å². The number of benzene rings is 1. The van der Waals surface area contributed by atoms with Crippen molar-refractivity contribution in [3.05, 3.63) is 42.7 Å². The monoisotopic (exact) mass is 323 g/mol. The van der Waals surface area contributed by atoms with Crippen molar-refractivity contribution in [1.82, 2.24) is 30.0 Å². The Kier molecular flexibility index (Phi) is 3.56. The Morgan fingerprint density at radius 2 is 2.08 bits per heavy atom. The average molecular weight is 323 g/mol. The summed E-state index contributed by atoms with van der Waals surface area (Å²) in [6, 6.07) is 9.38. The van der Waals surface area contributed by atoms with Crippen molar-refractivity contribution in [2.75, 3.05) is 5.32 Å². The van der Waals surface area contributed by atoms with Gasteiger partial charge in [-0.05, 0) is 60.5 Å². The Morgan fingerprint density at radius 1 is 1.29 bits per heavy atom. The molecule has 0 aliphatic heterocycles. The highest BCUT2D eigenvalue weighted by Gasteiger charge is 2.28. The first kappa shape index (κ1) is 14.6. The average Bonchev–Trinajstić information content (AvgIpc) is 3.11. The Labute approximate surface area is 138 Å². The van der Waals surface area contributed by atoms with Crippen molar-refractivity contribution >= 4 is 11.6 Å². The zero-order valence-electron chi connectivity index (χ0n) is 13.2. The van der Waals surface area contributed by atoms with Gasteiger partial charge >= 0.3 is 0 Å². The van der Waals surface area contributed by atoms with E-state index in [4.69, 9.17) is 0 Å². The molecule has 24 heavy (non-hydrogen) atoms. The molecule has 1 aliphatic carbocycles. The predicted octanol–water partition coefficient (Wildman–Crippen LogP) is 2.07. The highest BCUT2D eigenvalue weighted by Crippen LogP contribution is 2.36. The molecule has 8 nitrogen and oxygen atoms in total. The lowest BCUT2D eigenvalue weighted by Crippen LogP contribution is -2.23. The number of hydrogen-bond donors (Lipinski definition) is 1. The summed E-state index contributed by atoms with van der Waals surface area (Å²) in [6.45, 7) is 1.81. The van der Waals surface area contributed by atoms with Crippen LogP contribution in [0.3, 0.4) is 0 Å². The van der Waals surface area contributed by atoms with E-state index in [0.717, 1.165) is 29.9 Å². The van der Waals surface area contributed by atoms with Crippen LogP contribution in [-0.4, -0.2) is 35.9 Å². The zero-order chi connectivity index (χ0) is 16.5. The molecule has 2 aromatic heterocycles. The van der Waals surface area contributed by atoms with Gasteiger partial charge in [0.1, 0.15) is 6.04 Å². The van der Waals surface area contributed by atoms with Gasteiger partial charge in [-0.3, -0.25) is 9.48 Å². The molecule has 1 N–H and O–H groups in total. The van der Waals surface area contributed by atoms with E-state index in [-0.39, 0.29) is 11.9 Å². The van der Waals surface area contributed by atoms with Gasteiger partial charge in [-0.15, -0.1) is 5.10 Å². The van der Waals surface area contributed by atoms with Crippen LogP contribution in [0.1, 0.15) is 31.8 Å². The third kappa shape index (κ3) is 2.78. The number of rotatable bonds is 5. The van der Waals surface area contributed by atoms with Gasteiger partial charge in [0, 0.05) is 23.6 Å². The molecule has 1 unspecified atom stereocenters. The van der Waals surface area contributed by atoms with Crippen LogP contribution in [-0.2, 0) is 4.79 Å². The molecular weight excluding hydrogens is 306 g/mol. The van der Waals surface area contributed by atoms with E-state index in [9.17, 15) is 4.79 Å². The van der Waals surface area contributed by atoms with E-state index in [1.807, 2.05) is 28.9 Å². The number of nitrogens with zero attached hydrogens (tertiary/aromatic N) is 6. The third-order valence-corrected chi connectivity index (χ3v) is 4.10. The van der Waals surface area contributed by atoms with Crippen LogP contribution in [0.2, 0.25) is 0 Å². The maximum atomic E-state index is 12.3. The van der Waals surface area contributed by atoms with Gasteiger partial charge < -0.3 is 5.32 Å². The Balaban J connectivity index is 1.48. The summed E-state index contributed by atoms with van der Waals surface area (Å²) in [5.74, 6) is 0.648. The SMILES string of the molecule is CC(C(=O)Nc1ccc(-c2nnnn2C2CC2)cc1)n1cccn1. The standard InChI is InChI=1S/C16H17N7O/c1-11(22-10-2-9-17-22)16(24)18-13-5-3-12(4-6-13)15-19-20-21-23(15)14-7-8-14/h2-6,9-11,14H,7-8H2,1H3,(H,18,24). The van der Waals surface area contributed by atoms with Crippen LogP contribution in [0.25, 0.3) is 11.4 Å². The molecule has 1 saturated carbocycles.